The molecule has 112 valence electrons. The van der Waals surface area contributed by atoms with Gasteiger partial charge in [0.1, 0.15) is 5.54 Å². The molecule has 3 heteroatoms. The Morgan fingerprint density at radius 1 is 1.00 bits per heavy atom. The fourth-order valence-corrected chi connectivity index (χ4v) is 2.19. The van der Waals surface area contributed by atoms with Crippen molar-refractivity contribution in [3.63, 3.8) is 0 Å². The first kappa shape index (κ1) is 18.4. The van der Waals surface area contributed by atoms with Crippen molar-refractivity contribution < 1.29 is 4.74 Å². The highest BCUT2D eigenvalue weighted by Crippen LogP contribution is 2.11. The summed E-state index contributed by atoms with van der Waals surface area (Å²) in [7, 11) is 0. The molecule has 0 amide bonds. The summed E-state index contributed by atoms with van der Waals surface area (Å²) in [6.07, 6.45) is 9.63. The van der Waals surface area contributed by atoms with Crippen molar-refractivity contribution >= 4 is 0 Å². The molecule has 0 aliphatic carbocycles. The van der Waals surface area contributed by atoms with Gasteiger partial charge >= 0.3 is 0 Å². The Labute approximate surface area is 119 Å². The standard InChI is InChI=1S/C16H32N2O/c1-4-6-7-8-9-10-13-19-14-11-12-16(3,15-17)18-5-2/h18H,4-14H2,1-3H3. The van der Waals surface area contributed by atoms with Gasteiger partial charge in [-0.05, 0) is 32.7 Å². The van der Waals surface area contributed by atoms with E-state index < -0.39 is 5.54 Å². The van der Waals surface area contributed by atoms with E-state index in [0.717, 1.165) is 32.6 Å². The summed E-state index contributed by atoms with van der Waals surface area (Å²) in [6, 6.07) is 2.34. The minimum Gasteiger partial charge on any atom is -0.381 e. The second-order valence-electron chi connectivity index (χ2n) is 5.46. The van der Waals surface area contributed by atoms with Crippen molar-refractivity contribution in [2.45, 2.75) is 77.7 Å². The molecule has 0 saturated carbocycles. The third-order valence-corrected chi connectivity index (χ3v) is 3.42. The average molecular weight is 268 g/mol. The van der Waals surface area contributed by atoms with Gasteiger partial charge in [-0.1, -0.05) is 46.0 Å². The molecule has 1 unspecified atom stereocenters. The van der Waals surface area contributed by atoms with Crippen LogP contribution in [0.25, 0.3) is 0 Å². The van der Waals surface area contributed by atoms with E-state index in [1.807, 2.05) is 13.8 Å². The molecule has 0 aromatic rings. The van der Waals surface area contributed by atoms with Crippen molar-refractivity contribution in [3.8, 4) is 6.07 Å². The second-order valence-corrected chi connectivity index (χ2v) is 5.46. The van der Waals surface area contributed by atoms with Gasteiger partial charge in [-0.2, -0.15) is 5.26 Å². The topological polar surface area (TPSA) is 45.0 Å². The van der Waals surface area contributed by atoms with Crippen molar-refractivity contribution in [2.75, 3.05) is 19.8 Å². The Bertz CT molecular complexity index is 237. The van der Waals surface area contributed by atoms with Crippen molar-refractivity contribution in [2.24, 2.45) is 0 Å². The fourth-order valence-electron chi connectivity index (χ4n) is 2.19. The number of ether oxygens (including phenoxy) is 1. The molecule has 19 heavy (non-hydrogen) atoms. The van der Waals surface area contributed by atoms with Crippen LogP contribution in [0.4, 0.5) is 0 Å². The molecule has 0 spiro atoms. The molecule has 0 radical (unpaired) electrons. The molecular weight excluding hydrogens is 236 g/mol. The van der Waals surface area contributed by atoms with Crippen LogP contribution in [0.2, 0.25) is 0 Å². The minimum atomic E-state index is -0.391. The Kier molecular flexibility index (Phi) is 12.1. The van der Waals surface area contributed by atoms with E-state index in [1.54, 1.807) is 0 Å². The van der Waals surface area contributed by atoms with E-state index >= 15 is 0 Å². The first-order valence-corrected chi connectivity index (χ1v) is 7.92. The van der Waals surface area contributed by atoms with Crippen LogP contribution < -0.4 is 5.32 Å². The Morgan fingerprint density at radius 2 is 1.63 bits per heavy atom. The van der Waals surface area contributed by atoms with Crippen LogP contribution in [0, 0.1) is 11.3 Å². The molecule has 0 aromatic heterocycles. The lowest BCUT2D eigenvalue weighted by atomic mass is 9.98. The lowest BCUT2D eigenvalue weighted by molar-refractivity contribution is 0.122. The fraction of sp³-hybridized carbons (Fsp3) is 0.938. The van der Waals surface area contributed by atoms with E-state index in [2.05, 4.69) is 18.3 Å². The Morgan fingerprint density at radius 3 is 2.26 bits per heavy atom. The molecule has 0 aliphatic heterocycles. The smallest absolute Gasteiger partial charge is 0.104 e. The van der Waals surface area contributed by atoms with Gasteiger partial charge in [-0.3, -0.25) is 5.32 Å². The molecule has 1 atom stereocenters. The van der Waals surface area contributed by atoms with Gasteiger partial charge in [0.05, 0.1) is 6.07 Å². The van der Waals surface area contributed by atoms with Gasteiger partial charge in [-0.15, -0.1) is 0 Å². The predicted molar refractivity (Wildman–Crippen MR) is 81.1 cm³/mol. The molecule has 1 N–H and O–H groups in total. The van der Waals surface area contributed by atoms with Crippen LogP contribution >= 0.6 is 0 Å². The zero-order valence-electron chi connectivity index (χ0n) is 13.1. The first-order valence-electron chi connectivity index (χ1n) is 7.92. The molecule has 0 aliphatic rings. The maximum atomic E-state index is 9.11. The van der Waals surface area contributed by atoms with Crippen molar-refractivity contribution in [3.05, 3.63) is 0 Å². The molecule has 0 bridgehead atoms. The summed E-state index contributed by atoms with van der Waals surface area (Å²) in [5.41, 5.74) is -0.391. The van der Waals surface area contributed by atoms with Gasteiger partial charge in [-0.25, -0.2) is 0 Å². The zero-order valence-corrected chi connectivity index (χ0v) is 13.1. The number of unbranched alkanes of at least 4 members (excludes halogenated alkanes) is 5. The van der Waals surface area contributed by atoms with Gasteiger partial charge < -0.3 is 4.74 Å². The maximum Gasteiger partial charge on any atom is 0.104 e. The van der Waals surface area contributed by atoms with Crippen molar-refractivity contribution in [1.82, 2.24) is 5.32 Å². The van der Waals surface area contributed by atoms with E-state index in [9.17, 15) is 0 Å². The number of hydrogen-bond donors (Lipinski definition) is 1. The average Bonchev–Trinajstić information content (AvgIpc) is 2.41. The van der Waals surface area contributed by atoms with Gasteiger partial charge in [0, 0.05) is 13.2 Å². The molecule has 3 nitrogen and oxygen atoms in total. The van der Waals surface area contributed by atoms with E-state index in [4.69, 9.17) is 10.00 Å². The summed E-state index contributed by atoms with van der Waals surface area (Å²) in [4.78, 5) is 0. The number of hydrogen-bond acceptors (Lipinski definition) is 3. The Balaban J connectivity index is 3.33. The summed E-state index contributed by atoms with van der Waals surface area (Å²) in [5.74, 6) is 0. The molecule has 0 saturated heterocycles. The third kappa shape index (κ3) is 11.0. The normalized spacial score (nSPS) is 14.0. The number of rotatable bonds is 13. The molecule has 0 heterocycles. The van der Waals surface area contributed by atoms with Crippen LogP contribution in [0.3, 0.4) is 0 Å². The third-order valence-electron chi connectivity index (χ3n) is 3.42. The SMILES string of the molecule is CCCCCCCCOCCCC(C)(C#N)NCC. The minimum absolute atomic E-state index is 0.391. The molecule has 0 aromatic carbocycles. The summed E-state index contributed by atoms with van der Waals surface area (Å²) in [5, 5.41) is 12.3. The Hall–Kier alpha value is -0.590. The van der Waals surface area contributed by atoms with E-state index in [1.165, 1.54) is 38.5 Å². The van der Waals surface area contributed by atoms with E-state index in [0.29, 0.717) is 0 Å². The molecule has 0 rings (SSSR count). The van der Waals surface area contributed by atoms with Gasteiger partial charge in [0.15, 0.2) is 0 Å². The van der Waals surface area contributed by atoms with Gasteiger partial charge in [0.2, 0.25) is 0 Å². The van der Waals surface area contributed by atoms with E-state index in [-0.39, 0.29) is 0 Å². The quantitative estimate of drug-likeness (QED) is 0.513. The highest BCUT2D eigenvalue weighted by molar-refractivity contribution is 5.03. The summed E-state index contributed by atoms with van der Waals surface area (Å²) >= 11 is 0. The van der Waals surface area contributed by atoms with Crippen LogP contribution in [0.1, 0.15) is 72.1 Å². The highest BCUT2D eigenvalue weighted by Gasteiger charge is 2.21. The maximum absolute atomic E-state index is 9.11. The van der Waals surface area contributed by atoms with Crippen molar-refractivity contribution in [1.29, 1.82) is 5.26 Å². The number of nitrogens with one attached hydrogen (secondary N) is 1. The summed E-state index contributed by atoms with van der Waals surface area (Å²) < 4.78 is 5.62. The zero-order chi connectivity index (χ0) is 14.4. The first-order chi connectivity index (χ1) is 9.18. The lowest BCUT2D eigenvalue weighted by Gasteiger charge is -2.22. The monoisotopic (exact) mass is 268 g/mol. The number of nitriles is 1. The summed E-state index contributed by atoms with van der Waals surface area (Å²) in [6.45, 7) is 8.72. The molecule has 0 fully saturated rings. The number of nitrogens with zero attached hydrogens (tertiary/aromatic N) is 1. The second kappa shape index (κ2) is 12.4. The van der Waals surface area contributed by atoms with Gasteiger partial charge in [0.25, 0.3) is 0 Å². The molecular formula is C16H32N2O. The van der Waals surface area contributed by atoms with Crippen LogP contribution in [0.5, 0.6) is 0 Å². The highest BCUT2D eigenvalue weighted by atomic mass is 16.5. The van der Waals surface area contributed by atoms with Crippen LogP contribution in [0.15, 0.2) is 0 Å². The predicted octanol–water partition coefficient (Wildman–Crippen LogP) is 4.04. The van der Waals surface area contributed by atoms with Crippen LogP contribution in [-0.2, 0) is 4.74 Å². The lowest BCUT2D eigenvalue weighted by Crippen LogP contribution is -2.40. The largest absolute Gasteiger partial charge is 0.381 e. The van der Waals surface area contributed by atoms with Crippen LogP contribution in [-0.4, -0.2) is 25.3 Å².